The van der Waals surface area contributed by atoms with Crippen LogP contribution in [0.15, 0.2) is 42.5 Å². The summed E-state index contributed by atoms with van der Waals surface area (Å²) in [5, 5.41) is 6.42. The first-order valence-corrected chi connectivity index (χ1v) is 8.79. The SMILES string of the molecule is Cc1cccc2c1NC(C(=O)Nc1cccc(N3CCOCC3)c1)C2. The Hall–Kier alpha value is -2.53. The predicted molar refractivity (Wildman–Crippen MR) is 100 cm³/mol. The van der Waals surface area contributed by atoms with Crippen molar-refractivity contribution in [2.24, 2.45) is 0 Å². The normalized spacial score (nSPS) is 19.2. The summed E-state index contributed by atoms with van der Waals surface area (Å²) in [7, 11) is 0. The second kappa shape index (κ2) is 6.76. The van der Waals surface area contributed by atoms with Crippen LogP contribution in [0, 0.1) is 6.92 Å². The highest BCUT2D eigenvalue weighted by molar-refractivity contribution is 5.98. The molecular weight excluding hydrogens is 314 g/mol. The van der Waals surface area contributed by atoms with Crippen LogP contribution in [0.4, 0.5) is 17.1 Å². The lowest BCUT2D eigenvalue weighted by Gasteiger charge is -2.29. The van der Waals surface area contributed by atoms with Crippen molar-refractivity contribution in [3.8, 4) is 0 Å². The lowest BCUT2D eigenvalue weighted by molar-refractivity contribution is -0.116. The Kier molecular flexibility index (Phi) is 4.32. The van der Waals surface area contributed by atoms with E-state index in [-0.39, 0.29) is 11.9 Å². The number of carbonyl (C=O) groups is 1. The van der Waals surface area contributed by atoms with Gasteiger partial charge in [-0.3, -0.25) is 4.79 Å². The molecule has 2 N–H and O–H groups in total. The standard InChI is InChI=1S/C20H23N3O2/c1-14-4-2-5-15-12-18(22-19(14)15)20(24)21-16-6-3-7-17(13-16)23-8-10-25-11-9-23/h2-7,13,18,22H,8-12H2,1H3,(H,21,24). The fraction of sp³-hybridized carbons (Fsp3) is 0.350. The summed E-state index contributed by atoms with van der Waals surface area (Å²) >= 11 is 0. The highest BCUT2D eigenvalue weighted by Crippen LogP contribution is 2.29. The third-order valence-corrected chi connectivity index (χ3v) is 4.91. The molecule has 0 aromatic heterocycles. The van der Waals surface area contributed by atoms with Crippen molar-refractivity contribution in [3.05, 3.63) is 53.6 Å². The Labute approximate surface area is 148 Å². The third kappa shape index (κ3) is 3.33. The first kappa shape index (κ1) is 16.0. The van der Waals surface area contributed by atoms with E-state index in [4.69, 9.17) is 4.74 Å². The number of hydrogen-bond donors (Lipinski definition) is 2. The van der Waals surface area contributed by atoms with E-state index in [2.05, 4.69) is 40.7 Å². The highest BCUT2D eigenvalue weighted by atomic mass is 16.5. The number of ether oxygens (including phenoxy) is 1. The Morgan fingerprint density at radius 1 is 1.20 bits per heavy atom. The summed E-state index contributed by atoms with van der Waals surface area (Å²) in [6.07, 6.45) is 0.728. The summed E-state index contributed by atoms with van der Waals surface area (Å²) in [5.74, 6) is 0.00901. The number of benzene rings is 2. The topological polar surface area (TPSA) is 53.6 Å². The molecule has 0 saturated carbocycles. The van der Waals surface area contributed by atoms with Gasteiger partial charge in [0.25, 0.3) is 0 Å². The van der Waals surface area contributed by atoms with Crippen LogP contribution in [0.1, 0.15) is 11.1 Å². The van der Waals surface area contributed by atoms with E-state index in [1.165, 1.54) is 11.1 Å². The van der Waals surface area contributed by atoms with Gasteiger partial charge < -0.3 is 20.3 Å². The zero-order chi connectivity index (χ0) is 17.2. The average molecular weight is 337 g/mol. The molecule has 1 fully saturated rings. The van der Waals surface area contributed by atoms with Gasteiger partial charge in [-0.05, 0) is 36.2 Å². The van der Waals surface area contributed by atoms with Gasteiger partial charge in [-0.25, -0.2) is 0 Å². The lowest BCUT2D eigenvalue weighted by atomic mass is 10.1. The second-order valence-electron chi connectivity index (χ2n) is 6.65. The summed E-state index contributed by atoms with van der Waals surface area (Å²) in [4.78, 5) is 15.0. The van der Waals surface area contributed by atoms with Crippen LogP contribution in [0.2, 0.25) is 0 Å². The number of morpholine rings is 1. The van der Waals surface area contributed by atoms with E-state index in [0.717, 1.165) is 49.8 Å². The number of rotatable bonds is 3. The minimum absolute atomic E-state index is 0.00901. The summed E-state index contributed by atoms with van der Waals surface area (Å²) < 4.78 is 5.40. The molecule has 0 radical (unpaired) electrons. The van der Waals surface area contributed by atoms with E-state index in [1.54, 1.807) is 0 Å². The largest absolute Gasteiger partial charge is 0.378 e. The molecule has 4 rings (SSSR count). The molecule has 0 bridgehead atoms. The Balaban J connectivity index is 1.44. The molecule has 130 valence electrons. The number of hydrogen-bond acceptors (Lipinski definition) is 4. The Morgan fingerprint density at radius 2 is 2.00 bits per heavy atom. The van der Waals surface area contributed by atoms with Gasteiger partial charge in [-0.1, -0.05) is 24.3 Å². The number of aryl methyl sites for hydroxylation is 1. The molecule has 2 aromatic carbocycles. The van der Waals surface area contributed by atoms with E-state index in [0.29, 0.717) is 0 Å². The molecule has 5 nitrogen and oxygen atoms in total. The van der Waals surface area contributed by atoms with E-state index in [1.807, 2.05) is 24.3 Å². The minimum Gasteiger partial charge on any atom is -0.378 e. The first-order chi connectivity index (χ1) is 12.2. The van der Waals surface area contributed by atoms with Gasteiger partial charge in [0, 0.05) is 36.6 Å². The van der Waals surface area contributed by atoms with Crippen LogP contribution < -0.4 is 15.5 Å². The van der Waals surface area contributed by atoms with Gasteiger partial charge in [0.2, 0.25) is 5.91 Å². The van der Waals surface area contributed by atoms with Crippen LogP contribution in [-0.4, -0.2) is 38.3 Å². The predicted octanol–water partition coefficient (Wildman–Crippen LogP) is 2.81. The van der Waals surface area contributed by atoms with Crippen molar-refractivity contribution in [2.75, 3.05) is 41.8 Å². The maximum Gasteiger partial charge on any atom is 0.247 e. The number of nitrogens with zero attached hydrogens (tertiary/aromatic N) is 1. The number of carbonyl (C=O) groups excluding carboxylic acids is 1. The molecule has 2 aliphatic rings. The molecule has 1 amide bonds. The van der Waals surface area contributed by atoms with Crippen molar-refractivity contribution < 1.29 is 9.53 Å². The molecule has 2 aliphatic heterocycles. The van der Waals surface area contributed by atoms with Crippen molar-refractivity contribution in [3.63, 3.8) is 0 Å². The number of para-hydroxylation sites is 1. The molecule has 1 saturated heterocycles. The molecule has 2 heterocycles. The number of amides is 1. The van der Waals surface area contributed by atoms with E-state index < -0.39 is 0 Å². The highest BCUT2D eigenvalue weighted by Gasteiger charge is 2.27. The minimum atomic E-state index is -0.219. The Bertz CT molecular complexity index is 784. The first-order valence-electron chi connectivity index (χ1n) is 8.79. The van der Waals surface area contributed by atoms with Gasteiger partial charge in [-0.2, -0.15) is 0 Å². The quantitative estimate of drug-likeness (QED) is 0.904. The summed E-state index contributed by atoms with van der Waals surface area (Å²) in [5.41, 5.74) is 5.46. The van der Waals surface area contributed by atoms with E-state index in [9.17, 15) is 4.79 Å². The van der Waals surface area contributed by atoms with Crippen LogP contribution in [-0.2, 0) is 16.0 Å². The monoisotopic (exact) mass is 337 g/mol. The van der Waals surface area contributed by atoms with Gasteiger partial charge >= 0.3 is 0 Å². The van der Waals surface area contributed by atoms with Crippen molar-refractivity contribution in [1.82, 2.24) is 0 Å². The van der Waals surface area contributed by atoms with Crippen LogP contribution >= 0.6 is 0 Å². The molecule has 0 spiro atoms. The van der Waals surface area contributed by atoms with Crippen LogP contribution in [0.25, 0.3) is 0 Å². The van der Waals surface area contributed by atoms with Crippen molar-refractivity contribution >= 4 is 23.0 Å². The van der Waals surface area contributed by atoms with Gasteiger partial charge in [0.15, 0.2) is 0 Å². The zero-order valence-electron chi connectivity index (χ0n) is 14.4. The fourth-order valence-corrected chi connectivity index (χ4v) is 3.54. The van der Waals surface area contributed by atoms with Crippen molar-refractivity contribution in [1.29, 1.82) is 0 Å². The molecule has 0 aliphatic carbocycles. The fourth-order valence-electron chi connectivity index (χ4n) is 3.54. The molecule has 5 heteroatoms. The molecule has 1 unspecified atom stereocenters. The Morgan fingerprint density at radius 3 is 2.80 bits per heavy atom. The maximum absolute atomic E-state index is 12.7. The summed E-state index contributed by atoms with van der Waals surface area (Å²) in [6.45, 7) is 5.34. The third-order valence-electron chi connectivity index (χ3n) is 4.91. The van der Waals surface area contributed by atoms with Crippen LogP contribution in [0.5, 0.6) is 0 Å². The number of anilines is 3. The smallest absolute Gasteiger partial charge is 0.247 e. The van der Waals surface area contributed by atoms with E-state index >= 15 is 0 Å². The lowest BCUT2D eigenvalue weighted by Crippen LogP contribution is -2.36. The second-order valence-corrected chi connectivity index (χ2v) is 6.65. The average Bonchev–Trinajstić information content (AvgIpc) is 3.09. The molecule has 2 aromatic rings. The summed E-state index contributed by atoms with van der Waals surface area (Å²) in [6, 6.07) is 14.0. The molecular formula is C20H23N3O2. The van der Waals surface area contributed by atoms with Gasteiger partial charge in [0.1, 0.15) is 6.04 Å². The van der Waals surface area contributed by atoms with Crippen molar-refractivity contribution in [2.45, 2.75) is 19.4 Å². The van der Waals surface area contributed by atoms with Crippen LogP contribution in [0.3, 0.4) is 0 Å². The molecule has 25 heavy (non-hydrogen) atoms. The van der Waals surface area contributed by atoms with Gasteiger partial charge in [-0.15, -0.1) is 0 Å². The number of fused-ring (bicyclic) bond motifs is 1. The molecule has 1 atom stereocenters. The zero-order valence-corrected chi connectivity index (χ0v) is 14.4. The van der Waals surface area contributed by atoms with Gasteiger partial charge in [0.05, 0.1) is 13.2 Å². The maximum atomic E-state index is 12.7. The number of nitrogens with one attached hydrogen (secondary N) is 2.